The molecule has 1 aliphatic rings. The smallest absolute Gasteiger partial charge is 0.138 e. The van der Waals surface area contributed by atoms with E-state index in [4.69, 9.17) is 4.52 Å². The number of nitrogens with zero attached hydrogens (tertiary/aromatic N) is 1. The van der Waals surface area contributed by atoms with Crippen LogP contribution in [-0.4, -0.2) is 11.2 Å². The lowest BCUT2D eigenvalue weighted by molar-refractivity contribution is 0.142. The molecule has 1 aromatic rings. The fraction of sp³-hybridized carbons (Fsp3) is 0.812. The SMILES string of the molecule is Cc1noc(C)c1C(C)NC1CCC(C)(C)CC1C. The topological polar surface area (TPSA) is 38.1 Å². The second-order valence-electron chi connectivity index (χ2n) is 7.12. The van der Waals surface area contributed by atoms with Gasteiger partial charge in [-0.2, -0.15) is 0 Å². The number of rotatable bonds is 3. The molecule has 0 radical (unpaired) electrons. The van der Waals surface area contributed by atoms with Gasteiger partial charge in [0.15, 0.2) is 0 Å². The van der Waals surface area contributed by atoms with Crippen LogP contribution in [0.4, 0.5) is 0 Å². The fourth-order valence-corrected chi connectivity index (χ4v) is 3.71. The van der Waals surface area contributed by atoms with E-state index in [1.807, 2.05) is 13.8 Å². The highest BCUT2D eigenvalue weighted by Gasteiger charge is 2.33. The summed E-state index contributed by atoms with van der Waals surface area (Å²) in [4.78, 5) is 0. The first kappa shape index (κ1) is 14.6. The third-order valence-electron chi connectivity index (χ3n) is 4.68. The maximum absolute atomic E-state index is 5.28. The molecule has 0 aromatic carbocycles. The molecule has 0 bridgehead atoms. The van der Waals surface area contributed by atoms with E-state index in [2.05, 4.69) is 38.2 Å². The lowest BCUT2D eigenvalue weighted by atomic mass is 9.70. The van der Waals surface area contributed by atoms with Gasteiger partial charge < -0.3 is 9.84 Å². The van der Waals surface area contributed by atoms with Crippen LogP contribution < -0.4 is 5.32 Å². The molecule has 0 saturated heterocycles. The van der Waals surface area contributed by atoms with E-state index in [1.165, 1.54) is 24.8 Å². The summed E-state index contributed by atoms with van der Waals surface area (Å²) in [5.74, 6) is 1.67. The number of aromatic nitrogens is 1. The Kier molecular flexibility index (Phi) is 4.05. The van der Waals surface area contributed by atoms with E-state index in [0.29, 0.717) is 17.5 Å². The van der Waals surface area contributed by atoms with Crippen LogP contribution in [0, 0.1) is 25.2 Å². The molecule has 3 unspecified atom stereocenters. The van der Waals surface area contributed by atoms with Gasteiger partial charge in [0, 0.05) is 17.6 Å². The van der Waals surface area contributed by atoms with Gasteiger partial charge in [-0.25, -0.2) is 0 Å². The third kappa shape index (κ3) is 3.19. The summed E-state index contributed by atoms with van der Waals surface area (Å²) < 4.78 is 5.28. The van der Waals surface area contributed by atoms with Gasteiger partial charge in [0.05, 0.1) is 5.69 Å². The predicted molar refractivity (Wildman–Crippen MR) is 78.1 cm³/mol. The number of hydrogen-bond donors (Lipinski definition) is 1. The first-order chi connectivity index (χ1) is 8.80. The average Bonchev–Trinajstić information content (AvgIpc) is 2.62. The normalized spacial score (nSPS) is 28.3. The van der Waals surface area contributed by atoms with E-state index in [-0.39, 0.29) is 0 Å². The van der Waals surface area contributed by atoms with Crippen LogP contribution in [0.3, 0.4) is 0 Å². The van der Waals surface area contributed by atoms with Gasteiger partial charge in [-0.3, -0.25) is 0 Å². The van der Waals surface area contributed by atoms with Crippen molar-refractivity contribution in [1.29, 1.82) is 0 Å². The Balaban J connectivity index is 2.02. The molecule has 19 heavy (non-hydrogen) atoms. The molecule has 1 heterocycles. The standard InChI is InChI=1S/C16H28N2O/c1-10-9-16(5,6)8-7-14(10)17-11(2)15-12(3)18-19-13(15)4/h10-11,14,17H,7-9H2,1-6H3. The van der Waals surface area contributed by atoms with Crippen LogP contribution in [0.15, 0.2) is 4.52 Å². The summed E-state index contributed by atoms with van der Waals surface area (Å²) in [6.45, 7) is 13.4. The molecule has 3 heteroatoms. The fourth-order valence-electron chi connectivity index (χ4n) is 3.71. The molecule has 108 valence electrons. The zero-order valence-corrected chi connectivity index (χ0v) is 13.2. The summed E-state index contributed by atoms with van der Waals surface area (Å²) in [5, 5.41) is 7.85. The lowest BCUT2D eigenvalue weighted by Gasteiger charge is -2.40. The summed E-state index contributed by atoms with van der Waals surface area (Å²) in [5.41, 5.74) is 2.75. The van der Waals surface area contributed by atoms with Crippen LogP contribution >= 0.6 is 0 Å². The van der Waals surface area contributed by atoms with Crippen molar-refractivity contribution in [3.05, 3.63) is 17.0 Å². The maximum Gasteiger partial charge on any atom is 0.138 e. The summed E-state index contributed by atoms with van der Waals surface area (Å²) >= 11 is 0. The summed E-state index contributed by atoms with van der Waals surface area (Å²) in [6, 6.07) is 0.927. The molecule has 0 amide bonds. The number of nitrogens with one attached hydrogen (secondary N) is 1. The molecule has 1 aliphatic carbocycles. The zero-order chi connectivity index (χ0) is 14.2. The van der Waals surface area contributed by atoms with Gasteiger partial charge >= 0.3 is 0 Å². The van der Waals surface area contributed by atoms with Crippen molar-refractivity contribution in [2.45, 2.75) is 72.9 Å². The Morgan fingerprint density at radius 2 is 2.05 bits per heavy atom. The Labute approximate surface area is 117 Å². The molecule has 1 saturated carbocycles. The molecule has 2 rings (SSSR count). The van der Waals surface area contributed by atoms with Crippen LogP contribution in [0.25, 0.3) is 0 Å². The highest BCUT2D eigenvalue weighted by Crippen LogP contribution is 2.39. The second-order valence-corrected chi connectivity index (χ2v) is 7.12. The van der Waals surface area contributed by atoms with Crippen molar-refractivity contribution >= 4 is 0 Å². The Bertz CT molecular complexity index is 416. The molecule has 3 atom stereocenters. The van der Waals surface area contributed by atoms with Gasteiger partial charge in [0.25, 0.3) is 0 Å². The van der Waals surface area contributed by atoms with Crippen LogP contribution in [0.2, 0.25) is 0 Å². The molecule has 0 spiro atoms. The van der Waals surface area contributed by atoms with Gasteiger partial charge in [0.1, 0.15) is 5.76 Å². The Morgan fingerprint density at radius 1 is 1.37 bits per heavy atom. The van der Waals surface area contributed by atoms with E-state index < -0.39 is 0 Å². The van der Waals surface area contributed by atoms with Crippen molar-refractivity contribution in [2.75, 3.05) is 0 Å². The summed E-state index contributed by atoms with van der Waals surface area (Å²) in [6.07, 6.45) is 3.88. The first-order valence-corrected chi connectivity index (χ1v) is 7.49. The third-order valence-corrected chi connectivity index (χ3v) is 4.68. The zero-order valence-electron chi connectivity index (χ0n) is 13.2. The lowest BCUT2D eigenvalue weighted by Crippen LogP contribution is -2.42. The van der Waals surface area contributed by atoms with Crippen molar-refractivity contribution in [3.8, 4) is 0 Å². The van der Waals surface area contributed by atoms with Gasteiger partial charge in [-0.15, -0.1) is 0 Å². The van der Waals surface area contributed by atoms with Crippen LogP contribution in [0.1, 0.15) is 70.0 Å². The minimum Gasteiger partial charge on any atom is -0.361 e. The van der Waals surface area contributed by atoms with E-state index >= 15 is 0 Å². The van der Waals surface area contributed by atoms with Gasteiger partial charge in [-0.05, 0) is 51.4 Å². The summed E-state index contributed by atoms with van der Waals surface area (Å²) in [7, 11) is 0. The van der Waals surface area contributed by atoms with Crippen molar-refractivity contribution < 1.29 is 4.52 Å². The van der Waals surface area contributed by atoms with Crippen LogP contribution in [0.5, 0.6) is 0 Å². The molecule has 1 fully saturated rings. The quantitative estimate of drug-likeness (QED) is 0.891. The predicted octanol–water partition coefficient (Wildman–Crippen LogP) is 4.16. The minimum atomic E-state index is 0.319. The highest BCUT2D eigenvalue weighted by molar-refractivity contribution is 5.24. The molecule has 1 N–H and O–H groups in total. The van der Waals surface area contributed by atoms with Crippen molar-refractivity contribution in [3.63, 3.8) is 0 Å². The van der Waals surface area contributed by atoms with Crippen LogP contribution in [-0.2, 0) is 0 Å². The molecular weight excluding hydrogens is 236 g/mol. The van der Waals surface area contributed by atoms with Crippen molar-refractivity contribution in [2.24, 2.45) is 11.3 Å². The highest BCUT2D eigenvalue weighted by atomic mass is 16.5. The minimum absolute atomic E-state index is 0.319. The molecule has 1 aromatic heterocycles. The molecule has 0 aliphatic heterocycles. The van der Waals surface area contributed by atoms with E-state index in [1.54, 1.807) is 0 Å². The Hall–Kier alpha value is -0.830. The van der Waals surface area contributed by atoms with Crippen molar-refractivity contribution in [1.82, 2.24) is 10.5 Å². The number of aryl methyl sites for hydroxylation is 2. The maximum atomic E-state index is 5.28. The second kappa shape index (κ2) is 5.28. The number of hydrogen-bond acceptors (Lipinski definition) is 3. The van der Waals surface area contributed by atoms with E-state index in [9.17, 15) is 0 Å². The van der Waals surface area contributed by atoms with Gasteiger partial charge in [0.2, 0.25) is 0 Å². The molecule has 3 nitrogen and oxygen atoms in total. The average molecular weight is 264 g/mol. The van der Waals surface area contributed by atoms with E-state index in [0.717, 1.165) is 17.4 Å². The van der Waals surface area contributed by atoms with Gasteiger partial charge in [-0.1, -0.05) is 25.9 Å². The largest absolute Gasteiger partial charge is 0.361 e. The first-order valence-electron chi connectivity index (χ1n) is 7.49. The Morgan fingerprint density at radius 3 is 2.58 bits per heavy atom. The molecular formula is C16H28N2O. The monoisotopic (exact) mass is 264 g/mol.